The Morgan fingerprint density at radius 3 is 2.54 bits per heavy atom. The average molecular weight is 406 g/mol. The van der Waals surface area contributed by atoms with Crippen molar-refractivity contribution in [3.63, 3.8) is 0 Å². The molecule has 0 aromatic rings. The van der Waals surface area contributed by atoms with Crippen LogP contribution >= 0.6 is 0 Å². The molecular weight excluding hydrogens is 366 g/mol. The fourth-order valence-corrected chi connectivity index (χ4v) is 8.91. The van der Waals surface area contributed by atoms with Crippen LogP contribution in [0.5, 0.6) is 0 Å². The zero-order valence-electron chi connectivity index (χ0n) is 18.7. The second-order valence-corrected chi connectivity index (χ2v) is 15.9. The molecule has 0 aliphatic heterocycles. The molecule has 7 atom stereocenters. The van der Waals surface area contributed by atoms with E-state index < -0.39 is 8.32 Å². The zero-order valence-corrected chi connectivity index (χ0v) is 19.7. The summed E-state index contributed by atoms with van der Waals surface area (Å²) in [6, 6.07) is 0. The van der Waals surface area contributed by atoms with Crippen LogP contribution < -0.4 is 0 Å². The molecule has 4 aliphatic carbocycles. The number of oxime groups is 1. The van der Waals surface area contributed by atoms with Gasteiger partial charge in [0, 0.05) is 23.9 Å². The lowest BCUT2D eigenvalue weighted by Gasteiger charge is -2.59. The first-order chi connectivity index (χ1) is 13.1. The smallest absolute Gasteiger partial charge is 0.184 e. The molecule has 0 unspecified atom stereocenters. The van der Waals surface area contributed by atoms with E-state index >= 15 is 0 Å². The number of hydrogen-bond acceptors (Lipinski definition) is 4. The van der Waals surface area contributed by atoms with Crippen LogP contribution in [-0.4, -0.2) is 33.0 Å². The molecule has 0 N–H and O–H groups in total. The molecule has 4 rings (SSSR count). The molecule has 158 valence electrons. The predicted octanol–water partition coefficient (Wildman–Crippen LogP) is 5.43. The number of carbonyl (C=O) groups is 1. The van der Waals surface area contributed by atoms with E-state index in [9.17, 15) is 4.79 Å². The summed E-state index contributed by atoms with van der Waals surface area (Å²) in [5, 5.41) is 4.35. The molecule has 0 saturated heterocycles. The highest BCUT2D eigenvalue weighted by atomic mass is 28.4. The summed E-state index contributed by atoms with van der Waals surface area (Å²) >= 11 is 0. The number of carbonyl (C=O) groups excluding carboxylic acids is 1. The van der Waals surface area contributed by atoms with Gasteiger partial charge in [0.1, 0.15) is 12.9 Å². The lowest BCUT2D eigenvalue weighted by atomic mass is 9.45. The van der Waals surface area contributed by atoms with E-state index in [1.165, 1.54) is 19.3 Å². The topological polar surface area (TPSA) is 47.9 Å². The van der Waals surface area contributed by atoms with Gasteiger partial charge in [-0.1, -0.05) is 19.0 Å². The fourth-order valence-electron chi connectivity index (χ4n) is 7.70. The predicted molar refractivity (Wildman–Crippen MR) is 115 cm³/mol. The molecule has 0 bridgehead atoms. The molecule has 0 spiro atoms. The highest BCUT2D eigenvalue weighted by molar-refractivity contribution is 6.69. The molecule has 0 radical (unpaired) electrons. The van der Waals surface area contributed by atoms with Gasteiger partial charge in [-0.05, 0) is 87.8 Å². The Bertz CT molecular complexity index is 671. The maximum atomic E-state index is 13.6. The van der Waals surface area contributed by atoms with Crippen LogP contribution in [0.3, 0.4) is 0 Å². The number of Topliss-reactive ketones (excluding diaryl/α,β-unsaturated/α-hetero) is 1. The Morgan fingerprint density at radius 2 is 1.86 bits per heavy atom. The highest BCUT2D eigenvalue weighted by Crippen LogP contribution is 2.64. The number of rotatable bonds is 3. The largest absolute Gasteiger partial charge is 0.415 e. The van der Waals surface area contributed by atoms with Gasteiger partial charge in [0.15, 0.2) is 8.32 Å². The molecule has 4 nitrogen and oxygen atoms in total. The molecule has 4 aliphatic rings. The van der Waals surface area contributed by atoms with Crippen molar-refractivity contribution in [2.45, 2.75) is 91.0 Å². The number of nitrogens with zero attached hydrogens (tertiary/aromatic N) is 1. The monoisotopic (exact) mass is 405 g/mol. The van der Waals surface area contributed by atoms with E-state index in [1.807, 2.05) is 0 Å². The molecule has 28 heavy (non-hydrogen) atoms. The van der Waals surface area contributed by atoms with Crippen molar-refractivity contribution in [2.75, 3.05) is 7.11 Å². The maximum absolute atomic E-state index is 13.6. The number of fused-ring (bicyclic) bond motifs is 5. The Labute approximate surface area is 171 Å². The first kappa shape index (κ1) is 20.6. The van der Waals surface area contributed by atoms with Crippen molar-refractivity contribution in [2.24, 2.45) is 39.7 Å². The van der Waals surface area contributed by atoms with Crippen molar-refractivity contribution >= 4 is 19.8 Å². The summed E-state index contributed by atoms with van der Waals surface area (Å²) in [4.78, 5) is 18.7. The van der Waals surface area contributed by atoms with Gasteiger partial charge in [-0.15, -0.1) is 0 Å². The third-order valence-corrected chi connectivity index (χ3v) is 9.81. The molecular formula is C23H39NO3Si. The standard InChI is InChI=1S/C23H39NO3Si/c1-22-12-11-16(27-28(4,5)6)13-15(22)7-8-17-18-9-10-20(24-26-3)23(18,2)14-19(25)21(17)22/h15-18,21H,7-14H2,1-6H3/b24-20+/t15-,16-,17+,18+,21-,22+,23+/m1/s1. The maximum Gasteiger partial charge on any atom is 0.184 e. The SMILES string of the molecule is CO/N=C1\CC[C@H]2[C@@H]3CC[C@@H]4C[C@H](O[Si](C)(C)C)CC[C@]4(C)[C@H]3C(=O)C[C@]12C. The Hall–Kier alpha value is -0.683. The Kier molecular flexibility index (Phi) is 5.10. The second-order valence-electron chi connectivity index (χ2n) is 11.5. The minimum atomic E-state index is -1.51. The zero-order chi connectivity index (χ0) is 20.3. The van der Waals surface area contributed by atoms with Crippen molar-refractivity contribution in [3.05, 3.63) is 0 Å². The minimum Gasteiger partial charge on any atom is -0.415 e. The molecule has 0 heterocycles. The summed E-state index contributed by atoms with van der Waals surface area (Å²) in [7, 11) is 0.121. The Morgan fingerprint density at radius 1 is 1.11 bits per heavy atom. The van der Waals surface area contributed by atoms with E-state index in [0.29, 0.717) is 36.1 Å². The Balaban J connectivity index is 1.58. The highest BCUT2D eigenvalue weighted by Gasteiger charge is 2.63. The fraction of sp³-hybridized carbons (Fsp3) is 0.913. The first-order valence-electron chi connectivity index (χ1n) is 11.4. The van der Waals surface area contributed by atoms with E-state index in [2.05, 4.69) is 38.6 Å². The van der Waals surface area contributed by atoms with Gasteiger partial charge < -0.3 is 9.26 Å². The van der Waals surface area contributed by atoms with E-state index in [4.69, 9.17) is 9.26 Å². The van der Waals surface area contributed by atoms with Crippen LogP contribution in [0, 0.1) is 34.5 Å². The van der Waals surface area contributed by atoms with Crippen LogP contribution in [0.1, 0.15) is 65.2 Å². The van der Waals surface area contributed by atoms with Crippen molar-refractivity contribution in [1.82, 2.24) is 0 Å². The summed E-state index contributed by atoms with van der Waals surface area (Å²) < 4.78 is 6.49. The third kappa shape index (κ3) is 3.21. The average Bonchev–Trinajstić information content (AvgIpc) is 2.90. The summed E-state index contributed by atoms with van der Waals surface area (Å²) in [6.45, 7) is 11.6. The van der Waals surface area contributed by atoms with E-state index in [-0.39, 0.29) is 16.7 Å². The third-order valence-electron chi connectivity index (χ3n) is 8.77. The lowest BCUT2D eigenvalue weighted by Crippen LogP contribution is -2.58. The lowest BCUT2D eigenvalue weighted by molar-refractivity contribution is -0.155. The molecule has 4 fully saturated rings. The van der Waals surface area contributed by atoms with Crippen molar-refractivity contribution < 1.29 is 14.1 Å². The van der Waals surface area contributed by atoms with Crippen molar-refractivity contribution in [3.8, 4) is 0 Å². The molecule has 0 amide bonds. The summed E-state index contributed by atoms with van der Waals surface area (Å²) in [5.41, 5.74) is 1.23. The van der Waals surface area contributed by atoms with Gasteiger partial charge in [-0.2, -0.15) is 0 Å². The van der Waals surface area contributed by atoms with Crippen molar-refractivity contribution in [1.29, 1.82) is 0 Å². The minimum absolute atomic E-state index is 0.0738. The van der Waals surface area contributed by atoms with E-state index in [1.54, 1.807) is 7.11 Å². The van der Waals surface area contributed by atoms with Crippen LogP contribution in [0.25, 0.3) is 0 Å². The van der Waals surface area contributed by atoms with Crippen LogP contribution in [0.15, 0.2) is 5.16 Å². The molecule has 4 saturated carbocycles. The van der Waals surface area contributed by atoms with Gasteiger partial charge in [-0.3, -0.25) is 4.79 Å². The van der Waals surface area contributed by atoms with Gasteiger partial charge in [0.05, 0.1) is 5.71 Å². The quantitative estimate of drug-likeness (QED) is 0.464. The van der Waals surface area contributed by atoms with E-state index in [0.717, 1.165) is 31.4 Å². The molecule has 0 aromatic heterocycles. The number of ketones is 1. The van der Waals surface area contributed by atoms with Crippen LogP contribution in [0.2, 0.25) is 19.6 Å². The molecule has 0 aromatic carbocycles. The van der Waals surface area contributed by atoms with Gasteiger partial charge in [-0.25, -0.2) is 0 Å². The summed E-state index contributed by atoms with van der Waals surface area (Å²) in [6.07, 6.45) is 9.17. The summed E-state index contributed by atoms with van der Waals surface area (Å²) in [5.74, 6) is 2.53. The molecule has 5 heteroatoms. The van der Waals surface area contributed by atoms with Crippen LogP contribution in [-0.2, 0) is 14.1 Å². The van der Waals surface area contributed by atoms with Gasteiger partial charge >= 0.3 is 0 Å². The van der Waals surface area contributed by atoms with Gasteiger partial charge in [0.2, 0.25) is 0 Å². The number of hydrogen-bond donors (Lipinski definition) is 0. The second kappa shape index (κ2) is 6.94. The first-order valence-corrected chi connectivity index (χ1v) is 14.8. The van der Waals surface area contributed by atoms with Crippen LogP contribution in [0.4, 0.5) is 0 Å². The van der Waals surface area contributed by atoms with Gasteiger partial charge in [0.25, 0.3) is 0 Å². The normalized spacial score (nSPS) is 47.4.